The zero-order valence-electron chi connectivity index (χ0n) is 10.4. The molecule has 1 saturated carbocycles. The van der Waals surface area contributed by atoms with Gasteiger partial charge in [-0.3, -0.25) is 0 Å². The molecule has 1 aliphatic rings. The van der Waals surface area contributed by atoms with Crippen LogP contribution >= 0.6 is 0 Å². The van der Waals surface area contributed by atoms with Gasteiger partial charge >= 0.3 is 0 Å². The second-order valence-corrected chi connectivity index (χ2v) is 5.34. The molecule has 2 aromatic rings. The van der Waals surface area contributed by atoms with Crippen molar-refractivity contribution in [2.45, 2.75) is 38.2 Å². The lowest BCUT2D eigenvalue weighted by Crippen LogP contribution is -2.20. The molecule has 2 nitrogen and oxygen atoms in total. The van der Waals surface area contributed by atoms with E-state index in [1.165, 1.54) is 12.1 Å². The van der Waals surface area contributed by atoms with Crippen LogP contribution in [0.5, 0.6) is 0 Å². The largest absolute Gasteiger partial charge is 0.458 e. The van der Waals surface area contributed by atoms with Crippen LogP contribution in [-0.2, 0) is 5.60 Å². The van der Waals surface area contributed by atoms with Crippen LogP contribution in [0.1, 0.15) is 38.4 Å². The normalized spacial score (nSPS) is 28.1. The maximum Gasteiger partial charge on any atom is 0.136 e. The third kappa shape index (κ3) is 1.83. The summed E-state index contributed by atoms with van der Waals surface area (Å²) < 4.78 is 18.8. The molecule has 96 valence electrons. The van der Waals surface area contributed by atoms with Gasteiger partial charge in [0.2, 0.25) is 0 Å². The number of furan rings is 1. The van der Waals surface area contributed by atoms with Crippen molar-refractivity contribution < 1.29 is 13.9 Å². The van der Waals surface area contributed by atoms with Crippen LogP contribution in [0.4, 0.5) is 4.39 Å². The molecule has 2 unspecified atom stereocenters. The summed E-state index contributed by atoms with van der Waals surface area (Å²) in [6.45, 7) is 2.14. The second kappa shape index (κ2) is 4.09. The van der Waals surface area contributed by atoms with E-state index in [0.29, 0.717) is 17.3 Å². The number of hydrogen-bond acceptors (Lipinski definition) is 2. The van der Waals surface area contributed by atoms with Crippen LogP contribution in [0.15, 0.2) is 28.7 Å². The van der Waals surface area contributed by atoms with E-state index in [1.807, 2.05) is 0 Å². The van der Waals surface area contributed by atoms with E-state index < -0.39 is 5.60 Å². The Morgan fingerprint density at radius 1 is 1.44 bits per heavy atom. The molecule has 1 aliphatic carbocycles. The monoisotopic (exact) mass is 248 g/mol. The van der Waals surface area contributed by atoms with Gasteiger partial charge in [-0.2, -0.15) is 0 Å². The Hall–Kier alpha value is -1.35. The molecule has 3 heteroatoms. The molecule has 1 aromatic heterocycles. The first kappa shape index (κ1) is 11.7. The molecule has 0 aliphatic heterocycles. The van der Waals surface area contributed by atoms with E-state index in [0.717, 1.165) is 31.1 Å². The Kier molecular flexibility index (Phi) is 2.67. The molecule has 1 fully saturated rings. The molecule has 1 heterocycles. The first-order chi connectivity index (χ1) is 8.60. The molecule has 1 aromatic carbocycles. The van der Waals surface area contributed by atoms with Crippen molar-refractivity contribution in [1.82, 2.24) is 0 Å². The Morgan fingerprint density at radius 2 is 2.28 bits per heavy atom. The molecule has 0 radical (unpaired) electrons. The molecule has 3 rings (SSSR count). The topological polar surface area (TPSA) is 33.4 Å². The molecule has 0 bridgehead atoms. The summed E-state index contributed by atoms with van der Waals surface area (Å²) in [6, 6.07) is 6.21. The Balaban J connectivity index is 1.99. The summed E-state index contributed by atoms with van der Waals surface area (Å²) in [5.41, 5.74) is -0.226. The van der Waals surface area contributed by atoms with E-state index >= 15 is 0 Å². The number of hydrogen-bond donors (Lipinski definition) is 1. The third-order valence-electron chi connectivity index (χ3n) is 4.11. The van der Waals surface area contributed by atoms with Gasteiger partial charge < -0.3 is 9.52 Å². The highest BCUT2D eigenvalue weighted by molar-refractivity contribution is 5.78. The van der Waals surface area contributed by atoms with Gasteiger partial charge in [0.15, 0.2) is 0 Å². The van der Waals surface area contributed by atoms with Gasteiger partial charge in [0.1, 0.15) is 22.8 Å². The number of halogens is 1. The van der Waals surface area contributed by atoms with Gasteiger partial charge in [0.05, 0.1) is 0 Å². The summed E-state index contributed by atoms with van der Waals surface area (Å²) in [5, 5.41) is 11.4. The van der Waals surface area contributed by atoms with Crippen molar-refractivity contribution in [2.24, 2.45) is 5.92 Å². The third-order valence-corrected chi connectivity index (χ3v) is 4.11. The maximum atomic E-state index is 13.1. The maximum absolute atomic E-state index is 13.1. The van der Waals surface area contributed by atoms with Crippen molar-refractivity contribution in [3.05, 3.63) is 35.8 Å². The lowest BCUT2D eigenvalue weighted by Gasteiger charge is -2.19. The summed E-state index contributed by atoms with van der Waals surface area (Å²) >= 11 is 0. The Bertz CT molecular complexity index is 575. The van der Waals surface area contributed by atoms with Crippen LogP contribution in [0.2, 0.25) is 0 Å². The Labute approximate surface area is 105 Å². The SMILES string of the molecule is CCC1CCC(O)(c2cc3cc(F)ccc3o2)C1. The highest BCUT2D eigenvalue weighted by atomic mass is 19.1. The quantitative estimate of drug-likeness (QED) is 0.872. The van der Waals surface area contributed by atoms with Gasteiger partial charge in [-0.15, -0.1) is 0 Å². The van der Waals surface area contributed by atoms with Crippen molar-refractivity contribution in [1.29, 1.82) is 0 Å². The van der Waals surface area contributed by atoms with Crippen LogP contribution < -0.4 is 0 Å². The predicted molar refractivity (Wildman–Crippen MR) is 67.7 cm³/mol. The molecular formula is C15H17FO2. The van der Waals surface area contributed by atoms with Crippen LogP contribution in [0.3, 0.4) is 0 Å². The first-order valence-electron chi connectivity index (χ1n) is 6.53. The lowest BCUT2D eigenvalue weighted by atomic mass is 9.96. The van der Waals surface area contributed by atoms with E-state index in [1.54, 1.807) is 12.1 Å². The van der Waals surface area contributed by atoms with E-state index in [9.17, 15) is 9.50 Å². The highest BCUT2D eigenvalue weighted by Gasteiger charge is 2.40. The highest BCUT2D eigenvalue weighted by Crippen LogP contribution is 2.44. The van der Waals surface area contributed by atoms with Crippen molar-refractivity contribution in [3.63, 3.8) is 0 Å². The Morgan fingerprint density at radius 3 is 3.00 bits per heavy atom. The van der Waals surface area contributed by atoms with Gasteiger partial charge in [0, 0.05) is 5.39 Å². The zero-order valence-corrected chi connectivity index (χ0v) is 10.4. The molecule has 18 heavy (non-hydrogen) atoms. The average molecular weight is 248 g/mol. The molecule has 2 atom stereocenters. The van der Waals surface area contributed by atoms with Gasteiger partial charge in [-0.25, -0.2) is 4.39 Å². The molecule has 0 spiro atoms. The molecule has 1 N–H and O–H groups in total. The number of benzene rings is 1. The van der Waals surface area contributed by atoms with Crippen molar-refractivity contribution in [2.75, 3.05) is 0 Å². The summed E-state index contributed by atoms with van der Waals surface area (Å²) in [4.78, 5) is 0. The van der Waals surface area contributed by atoms with Crippen LogP contribution in [0, 0.1) is 11.7 Å². The van der Waals surface area contributed by atoms with Crippen LogP contribution in [-0.4, -0.2) is 5.11 Å². The minimum atomic E-state index is -0.865. The summed E-state index contributed by atoms with van der Waals surface area (Å²) in [6.07, 6.45) is 3.58. The molecule has 0 saturated heterocycles. The number of fused-ring (bicyclic) bond motifs is 1. The van der Waals surface area contributed by atoms with E-state index in [-0.39, 0.29) is 5.82 Å². The average Bonchev–Trinajstić information content (AvgIpc) is 2.93. The fourth-order valence-corrected chi connectivity index (χ4v) is 2.94. The zero-order chi connectivity index (χ0) is 12.8. The summed E-state index contributed by atoms with van der Waals surface area (Å²) in [5.74, 6) is 0.860. The van der Waals surface area contributed by atoms with E-state index in [4.69, 9.17) is 4.42 Å². The number of rotatable bonds is 2. The minimum absolute atomic E-state index is 0.278. The minimum Gasteiger partial charge on any atom is -0.458 e. The smallest absolute Gasteiger partial charge is 0.136 e. The van der Waals surface area contributed by atoms with Gasteiger partial charge in [-0.05, 0) is 49.4 Å². The van der Waals surface area contributed by atoms with Crippen LogP contribution in [0.25, 0.3) is 11.0 Å². The predicted octanol–water partition coefficient (Wildman–Crippen LogP) is 3.97. The second-order valence-electron chi connectivity index (χ2n) is 5.34. The fraction of sp³-hybridized carbons (Fsp3) is 0.467. The first-order valence-corrected chi connectivity index (χ1v) is 6.53. The summed E-state index contributed by atoms with van der Waals surface area (Å²) in [7, 11) is 0. The number of aliphatic hydroxyl groups is 1. The van der Waals surface area contributed by atoms with Crippen molar-refractivity contribution in [3.8, 4) is 0 Å². The lowest BCUT2D eigenvalue weighted by molar-refractivity contribution is 0.0192. The van der Waals surface area contributed by atoms with Gasteiger partial charge in [-0.1, -0.05) is 13.3 Å². The van der Waals surface area contributed by atoms with Crippen molar-refractivity contribution >= 4 is 11.0 Å². The fourth-order valence-electron chi connectivity index (χ4n) is 2.94. The molecular weight excluding hydrogens is 231 g/mol. The standard InChI is InChI=1S/C15H17FO2/c1-2-10-5-6-15(17,9-10)14-8-11-7-12(16)3-4-13(11)18-14/h3-4,7-8,10,17H,2,5-6,9H2,1H3. The molecule has 0 amide bonds. The van der Waals surface area contributed by atoms with Gasteiger partial charge in [0.25, 0.3) is 0 Å². The van der Waals surface area contributed by atoms with E-state index in [2.05, 4.69) is 6.92 Å².